The summed E-state index contributed by atoms with van der Waals surface area (Å²) in [5.41, 5.74) is 3.41. The summed E-state index contributed by atoms with van der Waals surface area (Å²) in [6, 6.07) is 14.4. The monoisotopic (exact) mass is 327 g/mol. The summed E-state index contributed by atoms with van der Waals surface area (Å²) in [7, 11) is -3.68. The molecule has 0 atom stereocenters. The first-order valence-electron chi connectivity index (χ1n) is 7.21. The van der Waals surface area contributed by atoms with Gasteiger partial charge < -0.3 is 0 Å². The second kappa shape index (κ2) is 5.62. The van der Waals surface area contributed by atoms with Gasteiger partial charge in [0.25, 0.3) is 0 Å². The lowest BCUT2D eigenvalue weighted by Crippen LogP contribution is -2.05. The maximum Gasteiger partial charge on any atom is 0.227 e. The van der Waals surface area contributed by atoms with Crippen LogP contribution in [0.2, 0.25) is 0 Å². The van der Waals surface area contributed by atoms with Gasteiger partial charge >= 0.3 is 0 Å². The van der Waals surface area contributed by atoms with Gasteiger partial charge in [0.15, 0.2) is 0 Å². The number of nitrogens with zero attached hydrogens (tertiary/aromatic N) is 3. The predicted molar refractivity (Wildman–Crippen MR) is 87.5 cm³/mol. The van der Waals surface area contributed by atoms with Gasteiger partial charge in [0.2, 0.25) is 14.9 Å². The molecule has 0 aliphatic rings. The molecule has 3 aromatic rings. The fourth-order valence-electron chi connectivity index (χ4n) is 2.32. The van der Waals surface area contributed by atoms with Crippen molar-refractivity contribution < 1.29 is 8.42 Å². The largest absolute Gasteiger partial charge is 0.227 e. The first-order valence-corrected chi connectivity index (χ1v) is 8.69. The molecule has 0 radical (unpaired) electrons. The van der Waals surface area contributed by atoms with E-state index in [0.717, 1.165) is 16.8 Å². The van der Waals surface area contributed by atoms with Gasteiger partial charge in [0, 0.05) is 0 Å². The number of aryl methyl sites for hydroxylation is 2. The number of hydrogen-bond donors (Lipinski definition) is 0. The topological polar surface area (TPSA) is 64.8 Å². The van der Waals surface area contributed by atoms with Crippen molar-refractivity contribution in [2.45, 2.75) is 30.7 Å². The van der Waals surface area contributed by atoms with Crippen molar-refractivity contribution >= 4 is 9.84 Å². The number of sulfone groups is 1. The van der Waals surface area contributed by atoms with E-state index in [2.05, 4.69) is 10.3 Å². The number of hydrogen-bond acceptors (Lipinski definition) is 4. The van der Waals surface area contributed by atoms with E-state index in [1.807, 2.05) is 38.1 Å². The Hall–Kier alpha value is -2.47. The molecule has 3 rings (SSSR count). The van der Waals surface area contributed by atoms with Crippen molar-refractivity contribution in [1.29, 1.82) is 0 Å². The third-order valence-corrected chi connectivity index (χ3v) is 5.50. The van der Waals surface area contributed by atoms with E-state index in [1.54, 1.807) is 35.9 Å². The normalized spacial score (nSPS) is 11.6. The van der Waals surface area contributed by atoms with Crippen LogP contribution in [0.1, 0.15) is 16.8 Å². The van der Waals surface area contributed by atoms with Crippen molar-refractivity contribution in [2.24, 2.45) is 0 Å². The van der Waals surface area contributed by atoms with Crippen molar-refractivity contribution in [2.75, 3.05) is 0 Å². The Morgan fingerprint density at radius 1 is 0.826 bits per heavy atom. The molecule has 1 aromatic heterocycles. The van der Waals surface area contributed by atoms with E-state index in [1.165, 1.54) is 0 Å². The lowest BCUT2D eigenvalue weighted by molar-refractivity contribution is 0.591. The van der Waals surface area contributed by atoms with E-state index in [0.29, 0.717) is 5.69 Å². The summed E-state index contributed by atoms with van der Waals surface area (Å²) >= 11 is 0. The smallest absolute Gasteiger partial charge is 0.217 e. The minimum absolute atomic E-state index is 0.0121. The van der Waals surface area contributed by atoms with Crippen LogP contribution in [0.4, 0.5) is 0 Å². The third kappa shape index (κ3) is 2.77. The Kier molecular flexibility index (Phi) is 3.77. The van der Waals surface area contributed by atoms with Gasteiger partial charge in [-0.1, -0.05) is 40.6 Å². The standard InChI is InChI=1S/C17H17N3O2S/c1-12-4-8-15(9-5-12)20-14(3)17(18-19-20)23(21,22)16-10-6-13(2)7-11-16/h4-11H,1-3H3. The van der Waals surface area contributed by atoms with Gasteiger partial charge in [-0.25, -0.2) is 13.1 Å². The Morgan fingerprint density at radius 2 is 1.35 bits per heavy atom. The lowest BCUT2D eigenvalue weighted by Gasteiger charge is -2.05. The van der Waals surface area contributed by atoms with E-state index >= 15 is 0 Å². The van der Waals surface area contributed by atoms with Crippen LogP contribution in [0.5, 0.6) is 0 Å². The van der Waals surface area contributed by atoms with Crippen LogP contribution in [0.3, 0.4) is 0 Å². The van der Waals surface area contributed by atoms with Crippen molar-refractivity contribution in [3.05, 3.63) is 65.4 Å². The molecule has 118 valence electrons. The average molecular weight is 327 g/mol. The van der Waals surface area contributed by atoms with Crippen molar-refractivity contribution in [3.8, 4) is 5.69 Å². The average Bonchev–Trinajstić information content (AvgIpc) is 2.91. The third-order valence-electron chi connectivity index (χ3n) is 3.72. The van der Waals surface area contributed by atoms with Crippen molar-refractivity contribution in [1.82, 2.24) is 15.0 Å². The van der Waals surface area contributed by atoms with Crippen LogP contribution in [0.15, 0.2) is 58.5 Å². The fraction of sp³-hybridized carbons (Fsp3) is 0.176. The van der Waals surface area contributed by atoms with E-state index in [4.69, 9.17) is 0 Å². The fourth-order valence-corrected chi connectivity index (χ4v) is 3.66. The highest BCUT2D eigenvalue weighted by Gasteiger charge is 2.25. The molecule has 0 spiro atoms. The van der Waals surface area contributed by atoms with E-state index in [9.17, 15) is 8.42 Å². The van der Waals surface area contributed by atoms with Gasteiger partial charge in [-0.15, -0.1) is 5.10 Å². The molecule has 0 fully saturated rings. The molecule has 5 nitrogen and oxygen atoms in total. The molecule has 0 aliphatic heterocycles. The molecule has 0 saturated heterocycles. The zero-order valence-corrected chi connectivity index (χ0v) is 14.0. The Bertz CT molecular complexity index is 941. The highest BCUT2D eigenvalue weighted by molar-refractivity contribution is 7.91. The van der Waals surface area contributed by atoms with Gasteiger partial charge in [-0.3, -0.25) is 0 Å². The molecule has 2 aromatic carbocycles. The predicted octanol–water partition coefficient (Wildman–Crippen LogP) is 3.03. The maximum atomic E-state index is 12.7. The van der Waals surface area contributed by atoms with Crippen molar-refractivity contribution in [3.63, 3.8) is 0 Å². The maximum absolute atomic E-state index is 12.7. The minimum atomic E-state index is -3.68. The molecule has 6 heteroatoms. The summed E-state index contributed by atoms with van der Waals surface area (Å²) in [5.74, 6) is 0. The summed E-state index contributed by atoms with van der Waals surface area (Å²) in [5, 5.41) is 7.91. The minimum Gasteiger partial charge on any atom is -0.217 e. The molecule has 0 saturated carbocycles. The first kappa shape index (κ1) is 15.4. The van der Waals surface area contributed by atoms with Crippen LogP contribution in [-0.2, 0) is 9.84 Å². The Morgan fingerprint density at radius 3 is 1.91 bits per heavy atom. The number of aromatic nitrogens is 3. The molecule has 1 heterocycles. The molecule has 0 amide bonds. The second-order valence-corrected chi connectivity index (χ2v) is 7.41. The molecule has 0 bridgehead atoms. The first-order chi connectivity index (χ1) is 10.9. The summed E-state index contributed by atoms with van der Waals surface area (Å²) in [6.07, 6.45) is 0. The van der Waals surface area contributed by atoms with Gasteiger partial charge in [0.05, 0.1) is 16.3 Å². The quantitative estimate of drug-likeness (QED) is 0.742. The Balaban J connectivity index is 2.08. The zero-order chi connectivity index (χ0) is 16.6. The van der Waals surface area contributed by atoms with Gasteiger partial charge in [-0.05, 0) is 45.0 Å². The van der Waals surface area contributed by atoms with Crippen LogP contribution >= 0.6 is 0 Å². The van der Waals surface area contributed by atoms with E-state index < -0.39 is 9.84 Å². The van der Waals surface area contributed by atoms with Gasteiger partial charge in [-0.2, -0.15) is 0 Å². The zero-order valence-electron chi connectivity index (χ0n) is 13.2. The highest BCUT2D eigenvalue weighted by Crippen LogP contribution is 2.23. The number of rotatable bonds is 3. The molecular formula is C17H17N3O2S. The summed E-state index contributed by atoms with van der Waals surface area (Å²) in [4.78, 5) is 0.224. The number of benzene rings is 2. The molecule has 23 heavy (non-hydrogen) atoms. The molecular weight excluding hydrogens is 310 g/mol. The highest BCUT2D eigenvalue weighted by atomic mass is 32.2. The lowest BCUT2D eigenvalue weighted by atomic mass is 10.2. The SMILES string of the molecule is Cc1ccc(-n2nnc(S(=O)(=O)c3ccc(C)cc3)c2C)cc1. The van der Waals surface area contributed by atoms with Crippen LogP contribution in [0.25, 0.3) is 5.69 Å². The molecule has 0 N–H and O–H groups in total. The molecule has 0 unspecified atom stereocenters. The van der Waals surface area contributed by atoms with E-state index in [-0.39, 0.29) is 9.92 Å². The van der Waals surface area contributed by atoms with Gasteiger partial charge in [0.1, 0.15) is 0 Å². The summed E-state index contributed by atoms with van der Waals surface area (Å²) < 4.78 is 27.0. The summed E-state index contributed by atoms with van der Waals surface area (Å²) in [6.45, 7) is 5.61. The molecule has 0 aliphatic carbocycles. The van der Waals surface area contributed by atoms with Crippen LogP contribution < -0.4 is 0 Å². The Labute approximate surface area is 135 Å². The van der Waals surface area contributed by atoms with Crippen LogP contribution in [-0.4, -0.2) is 23.4 Å². The second-order valence-electron chi connectivity index (χ2n) is 5.54. The van der Waals surface area contributed by atoms with Crippen LogP contribution in [0, 0.1) is 20.8 Å².